The van der Waals surface area contributed by atoms with Crippen LogP contribution in [0.25, 0.3) is 0 Å². The van der Waals surface area contributed by atoms with E-state index in [1.54, 1.807) is 0 Å². The highest BCUT2D eigenvalue weighted by Crippen LogP contribution is 2.22. The summed E-state index contributed by atoms with van der Waals surface area (Å²) in [4.78, 5) is 11.9. The zero-order chi connectivity index (χ0) is 13.9. The molecule has 2 N–H and O–H groups in total. The lowest BCUT2D eigenvalue weighted by molar-refractivity contribution is -0.136. The SMILES string of the molecule is CC(NC(=O)COC1(C)CNC1)c1ccccc1Br. The maximum Gasteiger partial charge on any atom is 0.246 e. The van der Waals surface area contributed by atoms with E-state index in [2.05, 4.69) is 26.6 Å². The third-order valence-corrected chi connectivity index (χ3v) is 4.02. The first-order valence-electron chi connectivity index (χ1n) is 6.39. The Balaban J connectivity index is 1.83. The van der Waals surface area contributed by atoms with Crippen LogP contribution in [0.5, 0.6) is 0 Å². The van der Waals surface area contributed by atoms with Crippen LogP contribution in [-0.4, -0.2) is 31.2 Å². The minimum Gasteiger partial charge on any atom is -0.363 e. The third-order valence-electron chi connectivity index (χ3n) is 3.30. The Morgan fingerprint density at radius 1 is 1.53 bits per heavy atom. The average molecular weight is 327 g/mol. The molecule has 1 amide bonds. The van der Waals surface area contributed by atoms with Crippen molar-refractivity contribution in [2.45, 2.75) is 25.5 Å². The van der Waals surface area contributed by atoms with E-state index in [1.807, 2.05) is 38.1 Å². The molecule has 1 aliphatic rings. The molecule has 19 heavy (non-hydrogen) atoms. The second kappa shape index (κ2) is 6.03. The fraction of sp³-hybridized carbons (Fsp3) is 0.500. The molecule has 0 spiro atoms. The number of carbonyl (C=O) groups is 1. The van der Waals surface area contributed by atoms with Gasteiger partial charge in [0.15, 0.2) is 0 Å². The molecule has 1 atom stereocenters. The first-order chi connectivity index (χ1) is 9.00. The maximum atomic E-state index is 11.9. The fourth-order valence-corrected chi connectivity index (χ4v) is 2.63. The molecule has 1 aliphatic heterocycles. The predicted octanol–water partition coefficient (Wildman–Crippen LogP) is 2.00. The van der Waals surface area contributed by atoms with Gasteiger partial charge in [-0.1, -0.05) is 34.1 Å². The number of rotatable bonds is 5. The van der Waals surface area contributed by atoms with Crippen molar-refractivity contribution in [3.63, 3.8) is 0 Å². The smallest absolute Gasteiger partial charge is 0.246 e. The summed E-state index contributed by atoms with van der Waals surface area (Å²) in [6.45, 7) is 5.69. The second-order valence-corrected chi connectivity index (χ2v) is 6.01. The minimum absolute atomic E-state index is 0.0426. The van der Waals surface area contributed by atoms with E-state index in [9.17, 15) is 4.79 Å². The van der Waals surface area contributed by atoms with Gasteiger partial charge in [0.2, 0.25) is 5.91 Å². The molecule has 1 unspecified atom stereocenters. The number of hydrogen-bond donors (Lipinski definition) is 2. The lowest BCUT2D eigenvalue weighted by Crippen LogP contribution is -2.59. The number of nitrogens with one attached hydrogen (secondary N) is 2. The summed E-state index contributed by atoms with van der Waals surface area (Å²) in [6, 6.07) is 7.83. The van der Waals surface area contributed by atoms with Crippen molar-refractivity contribution >= 4 is 21.8 Å². The van der Waals surface area contributed by atoms with Gasteiger partial charge in [0.25, 0.3) is 0 Å². The van der Waals surface area contributed by atoms with E-state index < -0.39 is 0 Å². The minimum atomic E-state index is -0.187. The first-order valence-corrected chi connectivity index (χ1v) is 7.18. The van der Waals surface area contributed by atoms with Crippen LogP contribution >= 0.6 is 15.9 Å². The summed E-state index contributed by atoms with van der Waals surface area (Å²) in [5.41, 5.74) is 0.876. The van der Waals surface area contributed by atoms with Gasteiger partial charge >= 0.3 is 0 Å². The highest BCUT2D eigenvalue weighted by atomic mass is 79.9. The summed E-state index contributed by atoms with van der Waals surface area (Å²) >= 11 is 3.49. The van der Waals surface area contributed by atoms with Crippen LogP contribution in [0.1, 0.15) is 25.5 Å². The van der Waals surface area contributed by atoms with Crippen molar-refractivity contribution in [1.29, 1.82) is 0 Å². The molecule has 0 aliphatic carbocycles. The van der Waals surface area contributed by atoms with Gasteiger partial charge in [-0.05, 0) is 25.5 Å². The van der Waals surface area contributed by atoms with Gasteiger partial charge in [0, 0.05) is 17.6 Å². The summed E-state index contributed by atoms with van der Waals surface area (Å²) in [7, 11) is 0. The maximum absolute atomic E-state index is 11.9. The van der Waals surface area contributed by atoms with Gasteiger partial charge in [-0.3, -0.25) is 4.79 Å². The fourth-order valence-electron chi connectivity index (χ4n) is 2.01. The van der Waals surface area contributed by atoms with Gasteiger partial charge in [-0.2, -0.15) is 0 Å². The summed E-state index contributed by atoms with van der Waals surface area (Å²) in [5, 5.41) is 6.08. The highest BCUT2D eigenvalue weighted by Gasteiger charge is 2.33. The van der Waals surface area contributed by atoms with E-state index in [0.29, 0.717) is 0 Å². The second-order valence-electron chi connectivity index (χ2n) is 5.15. The van der Waals surface area contributed by atoms with Gasteiger partial charge in [-0.25, -0.2) is 0 Å². The summed E-state index contributed by atoms with van der Waals surface area (Å²) < 4.78 is 6.61. The zero-order valence-corrected chi connectivity index (χ0v) is 12.8. The lowest BCUT2D eigenvalue weighted by atomic mass is 10.0. The van der Waals surface area contributed by atoms with Crippen molar-refractivity contribution in [1.82, 2.24) is 10.6 Å². The standard InChI is InChI=1S/C14H19BrN2O2/c1-10(11-5-3-4-6-12(11)15)17-13(18)7-19-14(2)8-16-9-14/h3-6,10,16H,7-9H2,1-2H3,(H,17,18). The molecule has 0 saturated carbocycles. The van der Waals surface area contributed by atoms with Crippen molar-refractivity contribution < 1.29 is 9.53 Å². The number of amides is 1. The van der Waals surface area contributed by atoms with Crippen LogP contribution in [-0.2, 0) is 9.53 Å². The molecular weight excluding hydrogens is 308 g/mol. The van der Waals surface area contributed by atoms with Crippen molar-refractivity contribution in [3.8, 4) is 0 Å². The molecule has 0 radical (unpaired) electrons. The Morgan fingerprint density at radius 2 is 2.21 bits per heavy atom. The molecule has 104 valence electrons. The number of ether oxygens (including phenoxy) is 1. The topological polar surface area (TPSA) is 50.4 Å². The van der Waals surface area contributed by atoms with Gasteiger partial charge in [0.1, 0.15) is 6.61 Å². The zero-order valence-electron chi connectivity index (χ0n) is 11.2. The van der Waals surface area contributed by atoms with Crippen molar-refractivity contribution in [3.05, 3.63) is 34.3 Å². The molecule has 2 rings (SSSR count). The van der Waals surface area contributed by atoms with Crippen LogP contribution in [0.4, 0.5) is 0 Å². The molecule has 1 saturated heterocycles. The van der Waals surface area contributed by atoms with E-state index >= 15 is 0 Å². The first kappa shape index (κ1) is 14.5. The molecule has 0 aromatic heterocycles. The van der Waals surface area contributed by atoms with E-state index in [0.717, 1.165) is 23.1 Å². The Kier molecular flexibility index (Phi) is 4.60. The number of carbonyl (C=O) groups excluding carboxylic acids is 1. The lowest BCUT2D eigenvalue weighted by Gasteiger charge is -2.38. The summed E-state index contributed by atoms with van der Waals surface area (Å²) in [5.74, 6) is -0.0867. The molecule has 0 bridgehead atoms. The predicted molar refractivity (Wildman–Crippen MR) is 77.9 cm³/mol. The molecule has 1 heterocycles. The third kappa shape index (κ3) is 3.78. The van der Waals surface area contributed by atoms with Gasteiger partial charge < -0.3 is 15.4 Å². The average Bonchev–Trinajstić information content (AvgIpc) is 2.34. The number of hydrogen-bond acceptors (Lipinski definition) is 3. The van der Waals surface area contributed by atoms with E-state index in [4.69, 9.17) is 4.74 Å². The van der Waals surface area contributed by atoms with Crippen molar-refractivity contribution in [2.24, 2.45) is 0 Å². The van der Waals surface area contributed by atoms with Crippen LogP contribution in [0.2, 0.25) is 0 Å². The Morgan fingerprint density at radius 3 is 2.79 bits per heavy atom. The Labute approximate surface area is 122 Å². The molecule has 5 heteroatoms. The highest BCUT2D eigenvalue weighted by molar-refractivity contribution is 9.10. The quantitative estimate of drug-likeness (QED) is 0.870. The van der Waals surface area contributed by atoms with Crippen LogP contribution in [0.3, 0.4) is 0 Å². The molecule has 1 aromatic carbocycles. The Bertz CT molecular complexity index is 461. The van der Waals surface area contributed by atoms with Gasteiger partial charge in [-0.15, -0.1) is 0 Å². The van der Waals surface area contributed by atoms with Crippen LogP contribution in [0.15, 0.2) is 28.7 Å². The molecule has 1 fully saturated rings. The Hall–Kier alpha value is -0.910. The van der Waals surface area contributed by atoms with E-state index in [-0.39, 0.29) is 24.2 Å². The monoisotopic (exact) mass is 326 g/mol. The molecular formula is C14H19BrN2O2. The van der Waals surface area contributed by atoms with Gasteiger partial charge in [0.05, 0.1) is 11.6 Å². The van der Waals surface area contributed by atoms with E-state index in [1.165, 1.54) is 0 Å². The summed E-state index contributed by atoms with van der Waals surface area (Å²) in [6.07, 6.45) is 0. The number of halogens is 1. The van der Waals surface area contributed by atoms with Crippen molar-refractivity contribution in [2.75, 3.05) is 19.7 Å². The van der Waals surface area contributed by atoms with Crippen LogP contribution < -0.4 is 10.6 Å². The van der Waals surface area contributed by atoms with Crippen LogP contribution in [0, 0.1) is 0 Å². The normalized spacial score (nSPS) is 18.5. The molecule has 4 nitrogen and oxygen atoms in total. The number of benzene rings is 1. The largest absolute Gasteiger partial charge is 0.363 e. The molecule has 1 aromatic rings.